The van der Waals surface area contributed by atoms with Crippen molar-refractivity contribution < 1.29 is 9.84 Å². The van der Waals surface area contributed by atoms with Crippen LogP contribution in [0, 0.1) is 0 Å². The van der Waals surface area contributed by atoms with Crippen LogP contribution >= 0.6 is 0 Å². The highest BCUT2D eigenvalue weighted by molar-refractivity contribution is 5.43. The third kappa shape index (κ3) is 2.14. The van der Waals surface area contributed by atoms with E-state index in [0.29, 0.717) is 0 Å². The molecule has 0 aliphatic rings. The number of benzene rings is 1. The summed E-state index contributed by atoms with van der Waals surface area (Å²) in [6.07, 6.45) is 0. The largest absolute Gasteiger partial charge is 0.508 e. The summed E-state index contributed by atoms with van der Waals surface area (Å²) in [7, 11) is 1.64. The van der Waals surface area contributed by atoms with Gasteiger partial charge in [0.2, 0.25) is 0 Å². The molecule has 0 amide bonds. The number of methoxy groups -OCH3 is 1. The van der Waals surface area contributed by atoms with E-state index in [1.54, 1.807) is 25.3 Å². The molecule has 0 aliphatic heterocycles. The van der Waals surface area contributed by atoms with Gasteiger partial charge in [-0.3, -0.25) is 0 Å². The fraction of sp³-hybridized carbons (Fsp3) is 0.455. The Morgan fingerprint density at radius 2 is 1.85 bits per heavy atom. The maximum absolute atomic E-state index is 9.34. The van der Waals surface area contributed by atoms with Crippen LogP contribution in [0.5, 0.6) is 11.5 Å². The molecular formula is C11H16O2. The lowest BCUT2D eigenvalue weighted by Crippen LogP contribution is -2.12. The van der Waals surface area contributed by atoms with Gasteiger partial charge >= 0.3 is 0 Å². The second-order valence-electron chi connectivity index (χ2n) is 4.13. The quantitative estimate of drug-likeness (QED) is 0.720. The SMILES string of the molecule is COc1ccc(O)cc1C(C)(C)C. The van der Waals surface area contributed by atoms with Crippen molar-refractivity contribution in [1.82, 2.24) is 0 Å². The van der Waals surface area contributed by atoms with Gasteiger partial charge in [0.05, 0.1) is 7.11 Å². The molecule has 0 radical (unpaired) electrons. The fourth-order valence-electron chi connectivity index (χ4n) is 1.28. The number of aromatic hydroxyl groups is 1. The number of phenols is 1. The van der Waals surface area contributed by atoms with Crippen LogP contribution in [-0.2, 0) is 5.41 Å². The van der Waals surface area contributed by atoms with Crippen molar-refractivity contribution in [3.63, 3.8) is 0 Å². The van der Waals surface area contributed by atoms with Crippen LogP contribution in [-0.4, -0.2) is 12.2 Å². The molecule has 13 heavy (non-hydrogen) atoms. The zero-order valence-electron chi connectivity index (χ0n) is 8.59. The summed E-state index contributed by atoms with van der Waals surface area (Å²) in [6, 6.07) is 5.17. The molecule has 0 spiro atoms. The lowest BCUT2D eigenvalue weighted by Gasteiger charge is -2.21. The van der Waals surface area contributed by atoms with Crippen molar-refractivity contribution in [1.29, 1.82) is 0 Å². The molecule has 0 aromatic heterocycles. The highest BCUT2D eigenvalue weighted by Crippen LogP contribution is 2.33. The first kappa shape index (κ1) is 9.90. The molecule has 0 fully saturated rings. The van der Waals surface area contributed by atoms with Gasteiger partial charge in [0.1, 0.15) is 11.5 Å². The second-order valence-corrected chi connectivity index (χ2v) is 4.13. The average Bonchev–Trinajstić information content (AvgIpc) is 2.03. The van der Waals surface area contributed by atoms with Crippen molar-refractivity contribution in [3.05, 3.63) is 23.8 Å². The van der Waals surface area contributed by atoms with E-state index in [4.69, 9.17) is 4.74 Å². The van der Waals surface area contributed by atoms with Gasteiger partial charge in [-0.25, -0.2) is 0 Å². The summed E-state index contributed by atoms with van der Waals surface area (Å²) >= 11 is 0. The monoisotopic (exact) mass is 180 g/mol. The molecule has 72 valence electrons. The first-order valence-corrected chi connectivity index (χ1v) is 4.32. The Morgan fingerprint density at radius 1 is 1.23 bits per heavy atom. The van der Waals surface area contributed by atoms with Crippen LogP contribution < -0.4 is 4.74 Å². The smallest absolute Gasteiger partial charge is 0.122 e. The van der Waals surface area contributed by atoms with Crippen molar-refractivity contribution in [2.75, 3.05) is 7.11 Å². The summed E-state index contributed by atoms with van der Waals surface area (Å²) < 4.78 is 5.22. The molecule has 0 saturated carbocycles. The third-order valence-electron chi connectivity index (χ3n) is 1.99. The van der Waals surface area contributed by atoms with Gasteiger partial charge in [0, 0.05) is 5.56 Å². The topological polar surface area (TPSA) is 29.5 Å². The lowest BCUT2D eigenvalue weighted by molar-refractivity contribution is 0.394. The van der Waals surface area contributed by atoms with Crippen molar-refractivity contribution >= 4 is 0 Å². The molecule has 2 nitrogen and oxygen atoms in total. The standard InChI is InChI=1S/C11H16O2/c1-11(2,3)9-7-8(12)5-6-10(9)13-4/h5-7,12H,1-4H3. The average molecular weight is 180 g/mol. The molecule has 0 bridgehead atoms. The number of hydrogen-bond donors (Lipinski definition) is 1. The lowest BCUT2D eigenvalue weighted by atomic mass is 9.86. The highest BCUT2D eigenvalue weighted by atomic mass is 16.5. The van der Waals surface area contributed by atoms with E-state index in [-0.39, 0.29) is 11.2 Å². The molecule has 0 saturated heterocycles. The van der Waals surface area contributed by atoms with Crippen molar-refractivity contribution in [2.24, 2.45) is 0 Å². The van der Waals surface area contributed by atoms with Crippen LogP contribution in [0.25, 0.3) is 0 Å². The number of hydrogen-bond acceptors (Lipinski definition) is 2. The zero-order chi connectivity index (χ0) is 10.1. The first-order chi connectivity index (χ1) is 5.95. The predicted molar refractivity (Wildman–Crippen MR) is 53.4 cm³/mol. The van der Waals surface area contributed by atoms with Crippen LogP contribution in [0.3, 0.4) is 0 Å². The van der Waals surface area contributed by atoms with E-state index < -0.39 is 0 Å². The molecule has 1 N–H and O–H groups in total. The molecule has 0 atom stereocenters. The molecule has 1 rings (SSSR count). The highest BCUT2D eigenvalue weighted by Gasteiger charge is 2.18. The Hall–Kier alpha value is -1.18. The van der Waals surface area contributed by atoms with E-state index in [1.165, 1.54) is 0 Å². The van der Waals surface area contributed by atoms with E-state index in [0.717, 1.165) is 11.3 Å². The fourth-order valence-corrected chi connectivity index (χ4v) is 1.28. The van der Waals surface area contributed by atoms with Gasteiger partial charge in [0.25, 0.3) is 0 Å². The van der Waals surface area contributed by atoms with Gasteiger partial charge in [-0.2, -0.15) is 0 Å². The van der Waals surface area contributed by atoms with Gasteiger partial charge in [-0.15, -0.1) is 0 Å². The Morgan fingerprint density at radius 3 is 2.31 bits per heavy atom. The molecule has 0 unspecified atom stereocenters. The second kappa shape index (κ2) is 3.29. The van der Waals surface area contributed by atoms with Crippen LogP contribution in [0.2, 0.25) is 0 Å². The maximum Gasteiger partial charge on any atom is 0.122 e. The van der Waals surface area contributed by atoms with Crippen molar-refractivity contribution in [2.45, 2.75) is 26.2 Å². The molecule has 0 aliphatic carbocycles. The Bertz CT molecular complexity index is 297. The minimum Gasteiger partial charge on any atom is -0.508 e. The van der Waals surface area contributed by atoms with Gasteiger partial charge in [0.15, 0.2) is 0 Å². The molecule has 2 heteroatoms. The first-order valence-electron chi connectivity index (χ1n) is 4.32. The predicted octanol–water partition coefficient (Wildman–Crippen LogP) is 2.70. The van der Waals surface area contributed by atoms with Crippen LogP contribution in [0.4, 0.5) is 0 Å². The number of rotatable bonds is 1. The summed E-state index contributed by atoms with van der Waals surface area (Å²) in [5, 5.41) is 9.34. The number of ether oxygens (including phenoxy) is 1. The van der Waals surface area contributed by atoms with E-state index in [9.17, 15) is 5.11 Å². The third-order valence-corrected chi connectivity index (χ3v) is 1.99. The summed E-state index contributed by atoms with van der Waals surface area (Å²) in [5.41, 5.74) is 1.01. The van der Waals surface area contributed by atoms with Gasteiger partial charge < -0.3 is 9.84 Å². The van der Waals surface area contributed by atoms with Crippen LogP contribution in [0.1, 0.15) is 26.3 Å². The van der Waals surface area contributed by atoms with Crippen molar-refractivity contribution in [3.8, 4) is 11.5 Å². The van der Waals surface area contributed by atoms with Gasteiger partial charge in [-0.1, -0.05) is 20.8 Å². The molecule has 1 aromatic rings. The molecule has 0 heterocycles. The summed E-state index contributed by atoms with van der Waals surface area (Å²) in [4.78, 5) is 0. The minimum absolute atomic E-state index is 0.00984. The Balaban J connectivity index is 3.24. The van der Waals surface area contributed by atoms with E-state index in [2.05, 4.69) is 20.8 Å². The molecule has 1 aromatic carbocycles. The van der Waals surface area contributed by atoms with Crippen LogP contribution in [0.15, 0.2) is 18.2 Å². The van der Waals surface area contributed by atoms with E-state index in [1.807, 2.05) is 0 Å². The Kier molecular flexibility index (Phi) is 2.50. The Labute approximate surface area is 79.2 Å². The number of phenolic OH excluding ortho intramolecular Hbond substituents is 1. The van der Waals surface area contributed by atoms with E-state index >= 15 is 0 Å². The maximum atomic E-state index is 9.34. The summed E-state index contributed by atoms with van der Waals surface area (Å²) in [6.45, 7) is 6.26. The van der Waals surface area contributed by atoms with Gasteiger partial charge in [-0.05, 0) is 23.6 Å². The molecular weight excluding hydrogens is 164 g/mol. The minimum atomic E-state index is -0.00984. The summed E-state index contributed by atoms with van der Waals surface area (Å²) in [5.74, 6) is 1.11. The zero-order valence-corrected chi connectivity index (χ0v) is 8.59. The normalized spacial score (nSPS) is 11.4.